The molecule has 1 heterocycles. The van der Waals surface area contributed by atoms with E-state index in [0.29, 0.717) is 28.8 Å². The van der Waals surface area contributed by atoms with Crippen LogP contribution in [0.4, 0.5) is 0 Å². The lowest BCUT2D eigenvalue weighted by Crippen LogP contribution is -2.50. The molecular weight excluding hydrogens is 377 g/mol. The highest BCUT2D eigenvalue weighted by atomic mass is 35.5. The highest BCUT2D eigenvalue weighted by Crippen LogP contribution is 2.26. The smallest absolute Gasteiger partial charge is 0.328 e. The third-order valence-electron chi connectivity index (χ3n) is 4.24. The number of methoxy groups -OCH3 is 1. The highest BCUT2D eigenvalue weighted by Gasteiger charge is 2.35. The molecule has 1 aliphatic heterocycles. The SMILES string of the molecule is COC(=O)[C@H]1Cc2ccccc2CN1C(=O)COc1cc(Cl)cc(Cl)c1. The molecular formula is C19H17Cl2NO4. The fraction of sp³-hybridized carbons (Fsp3) is 0.263. The summed E-state index contributed by atoms with van der Waals surface area (Å²) < 4.78 is 10.4. The highest BCUT2D eigenvalue weighted by molar-refractivity contribution is 6.34. The molecule has 1 atom stereocenters. The van der Waals surface area contributed by atoms with Crippen molar-refractivity contribution in [3.8, 4) is 5.75 Å². The zero-order chi connectivity index (χ0) is 18.7. The lowest BCUT2D eigenvalue weighted by Gasteiger charge is -2.35. The minimum Gasteiger partial charge on any atom is -0.484 e. The van der Waals surface area contributed by atoms with Gasteiger partial charge in [0.15, 0.2) is 6.61 Å². The van der Waals surface area contributed by atoms with Crippen LogP contribution in [-0.2, 0) is 27.3 Å². The molecule has 2 aromatic carbocycles. The van der Waals surface area contributed by atoms with Crippen LogP contribution in [0.1, 0.15) is 11.1 Å². The van der Waals surface area contributed by atoms with Gasteiger partial charge in [-0.25, -0.2) is 4.79 Å². The van der Waals surface area contributed by atoms with Crippen molar-refractivity contribution in [2.45, 2.75) is 19.0 Å². The van der Waals surface area contributed by atoms with Crippen LogP contribution in [0.2, 0.25) is 10.0 Å². The second-order valence-corrected chi connectivity index (χ2v) is 6.80. The van der Waals surface area contributed by atoms with Crippen molar-refractivity contribution in [2.24, 2.45) is 0 Å². The van der Waals surface area contributed by atoms with E-state index in [9.17, 15) is 9.59 Å². The average molecular weight is 394 g/mol. The molecule has 0 saturated carbocycles. The van der Waals surface area contributed by atoms with Crippen molar-refractivity contribution < 1.29 is 19.1 Å². The predicted molar refractivity (Wildman–Crippen MR) is 98.5 cm³/mol. The Kier molecular flexibility index (Phi) is 5.69. The molecule has 0 fully saturated rings. The van der Waals surface area contributed by atoms with Crippen LogP contribution in [-0.4, -0.2) is 36.5 Å². The van der Waals surface area contributed by atoms with Gasteiger partial charge in [-0.15, -0.1) is 0 Å². The van der Waals surface area contributed by atoms with E-state index >= 15 is 0 Å². The van der Waals surface area contributed by atoms with Gasteiger partial charge in [-0.2, -0.15) is 0 Å². The normalized spacial score (nSPS) is 16.0. The number of hydrogen-bond donors (Lipinski definition) is 0. The molecule has 1 aliphatic rings. The maximum atomic E-state index is 12.7. The maximum Gasteiger partial charge on any atom is 0.328 e. The molecule has 0 unspecified atom stereocenters. The first-order chi connectivity index (χ1) is 12.5. The summed E-state index contributed by atoms with van der Waals surface area (Å²) in [7, 11) is 1.32. The average Bonchev–Trinajstić information content (AvgIpc) is 2.63. The molecule has 7 heteroatoms. The quantitative estimate of drug-likeness (QED) is 0.745. The maximum absolute atomic E-state index is 12.7. The number of amides is 1. The molecule has 5 nitrogen and oxygen atoms in total. The monoisotopic (exact) mass is 393 g/mol. The number of rotatable bonds is 4. The van der Waals surface area contributed by atoms with E-state index < -0.39 is 12.0 Å². The van der Waals surface area contributed by atoms with Gasteiger partial charge in [-0.3, -0.25) is 4.79 Å². The molecule has 0 aliphatic carbocycles. The number of carbonyl (C=O) groups excluding carboxylic acids is 2. The van der Waals surface area contributed by atoms with Gasteiger partial charge < -0.3 is 14.4 Å². The molecule has 0 aromatic heterocycles. The van der Waals surface area contributed by atoms with Crippen molar-refractivity contribution in [3.05, 3.63) is 63.6 Å². The second kappa shape index (κ2) is 7.98. The fourth-order valence-corrected chi connectivity index (χ4v) is 3.48. The Labute approximate surface area is 161 Å². The van der Waals surface area contributed by atoms with E-state index in [1.54, 1.807) is 18.2 Å². The Balaban J connectivity index is 1.76. The van der Waals surface area contributed by atoms with Crippen LogP contribution < -0.4 is 4.74 Å². The van der Waals surface area contributed by atoms with E-state index in [1.165, 1.54) is 12.0 Å². The van der Waals surface area contributed by atoms with Crippen molar-refractivity contribution in [2.75, 3.05) is 13.7 Å². The van der Waals surface area contributed by atoms with Crippen molar-refractivity contribution in [3.63, 3.8) is 0 Å². The van der Waals surface area contributed by atoms with Gasteiger partial charge in [0.25, 0.3) is 5.91 Å². The first kappa shape index (κ1) is 18.5. The summed E-state index contributed by atoms with van der Waals surface area (Å²) in [5.74, 6) is -0.368. The largest absolute Gasteiger partial charge is 0.484 e. The fourth-order valence-electron chi connectivity index (χ4n) is 2.97. The van der Waals surface area contributed by atoms with Crippen LogP contribution in [0.25, 0.3) is 0 Å². The lowest BCUT2D eigenvalue weighted by molar-refractivity contribution is -0.154. The van der Waals surface area contributed by atoms with Gasteiger partial charge in [-0.05, 0) is 29.3 Å². The van der Waals surface area contributed by atoms with E-state index in [1.807, 2.05) is 24.3 Å². The summed E-state index contributed by atoms with van der Waals surface area (Å²) in [5, 5.41) is 0.832. The number of benzene rings is 2. The molecule has 0 saturated heterocycles. The number of halogens is 2. The second-order valence-electron chi connectivity index (χ2n) is 5.93. The number of fused-ring (bicyclic) bond motifs is 1. The van der Waals surface area contributed by atoms with Gasteiger partial charge >= 0.3 is 5.97 Å². The van der Waals surface area contributed by atoms with Crippen molar-refractivity contribution in [1.29, 1.82) is 0 Å². The van der Waals surface area contributed by atoms with Gasteiger partial charge in [0.05, 0.1) is 7.11 Å². The minimum atomic E-state index is -0.672. The third-order valence-corrected chi connectivity index (χ3v) is 4.68. The molecule has 0 N–H and O–H groups in total. The van der Waals surface area contributed by atoms with E-state index in [2.05, 4.69) is 0 Å². The number of esters is 1. The molecule has 26 heavy (non-hydrogen) atoms. The van der Waals surface area contributed by atoms with Crippen LogP contribution in [0.15, 0.2) is 42.5 Å². The molecule has 0 bridgehead atoms. The number of nitrogens with zero attached hydrogens (tertiary/aromatic N) is 1. The van der Waals surface area contributed by atoms with Crippen LogP contribution >= 0.6 is 23.2 Å². The summed E-state index contributed by atoms with van der Waals surface area (Å²) in [4.78, 5) is 26.4. The van der Waals surface area contributed by atoms with Crippen LogP contribution in [0.5, 0.6) is 5.75 Å². The van der Waals surface area contributed by atoms with Crippen LogP contribution in [0, 0.1) is 0 Å². The molecule has 1 amide bonds. The number of hydrogen-bond acceptors (Lipinski definition) is 4. The third kappa shape index (κ3) is 4.11. The zero-order valence-corrected chi connectivity index (χ0v) is 15.6. The van der Waals surface area contributed by atoms with Gasteiger partial charge in [-0.1, -0.05) is 47.5 Å². The minimum absolute atomic E-state index is 0.230. The van der Waals surface area contributed by atoms with E-state index in [-0.39, 0.29) is 12.5 Å². The molecule has 136 valence electrons. The predicted octanol–water partition coefficient (Wildman–Crippen LogP) is 3.50. The topological polar surface area (TPSA) is 55.8 Å². The zero-order valence-electron chi connectivity index (χ0n) is 14.1. The first-order valence-electron chi connectivity index (χ1n) is 8.01. The van der Waals surface area contributed by atoms with Crippen molar-refractivity contribution >= 4 is 35.1 Å². The van der Waals surface area contributed by atoms with E-state index in [4.69, 9.17) is 32.7 Å². The Hall–Kier alpha value is -2.24. The summed E-state index contributed by atoms with van der Waals surface area (Å²) in [5.41, 5.74) is 2.04. The Morgan fingerprint density at radius 3 is 2.42 bits per heavy atom. The standard InChI is InChI=1S/C19H17Cl2NO4/c1-25-19(24)17-6-12-4-2-3-5-13(12)10-22(17)18(23)11-26-16-8-14(20)7-15(21)9-16/h2-5,7-9,17H,6,10-11H2,1H3/t17-/m1/s1. The van der Waals surface area contributed by atoms with Crippen molar-refractivity contribution in [1.82, 2.24) is 4.90 Å². The summed E-state index contributed by atoms with van der Waals surface area (Å²) >= 11 is 11.9. The molecule has 0 radical (unpaired) electrons. The van der Waals surface area contributed by atoms with Gasteiger partial charge in [0.1, 0.15) is 11.8 Å². The van der Waals surface area contributed by atoms with Crippen LogP contribution in [0.3, 0.4) is 0 Å². The van der Waals surface area contributed by atoms with Gasteiger partial charge in [0.2, 0.25) is 0 Å². The van der Waals surface area contributed by atoms with E-state index in [0.717, 1.165) is 11.1 Å². The molecule has 3 rings (SSSR count). The first-order valence-corrected chi connectivity index (χ1v) is 8.76. The summed E-state index contributed by atoms with van der Waals surface area (Å²) in [6.45, 7) is 0.0980. The number of ether oxygens (including phenoxy) is 2. The summed E-state index contributed by atoms with van der Waals surface area (Å²) in [6, 6.07) is 11.8. The van der Waals surface area contributed by atoms with Gasteiger partial charge in [0, 0.05) is 23.0 Å². The molecule has 0 spiro atoms. The summed E-state index contributed by atoms with van der Waals surface area (Å²) in [6.07, 6.45) is 0.414. The molecule has 2 aromatic rings. The Bertz CT molecular complexity index is 820. The Morgan fingerprint density at radius 1 is 1.12 bits per heavy atom. The Morgan fingerprint density at radius 2 is 1.77 bits per heavy atom. The number of carbonyl (C=O) groups is 2. The lowest BCUT2D eigenvalue weighted by atomic mass is 9.94.